The second-order valence-electron chi connectivity index (χ2n) is 4.20. The Hall–Kier alpha value is -0.570. The monoisotopic (exact) mass is 215 g/mol. The molecule has 14 heavy (non-hydrogen) atoms. The largest absolute Gasteiger partial charge is 0.870 e. The van der Waals surface area contributed by atoms with Crippen LogP contribution >= 0.6 is 11.6 Å². The van der Waals surface area contributed by atoms with E-state index in [1.165, 1.54) is 11.1 Å². The molecule has 0 saturated heterocycles. The average molecular weight is 216 g/mol. The molecule has 1 rings (SSSR count). The lowest BCUT2D eigenvalue weighted by Crippen LogP contribution is -2.37. The molecule has 0 aromatic heterocycles. The number of quaternary nitrogens is 1. The van der Waals surface area contributed by atoms with Gasteiger partial charge in [-0.2, -0.15) is 0 Å². The van der Waals surface area contributed by atoms with E-state index in [0.717, 1.165) is 11.0 Å². The van der Waals surface area contributed by atoms with Crippen molar-refractivity contribution in [3.63, 3.8) is 0 Å². The Labute approximate surface area is 91.0 Å². The molecule has 0 spiro atoms. The lowest BCUT2D eigenvalue weighted by molar-refractivity contribution is -0.892. The molecular formula is C11H18ClNO. The lowest BCUT2D eigenvalue weighted by Gasteiger charge is -2.26. The molecule has 0 aliphatic heterocycles. The summed E-state index contributed by atoms with van der Waals surface area (Å²) in [5.41, 5.74) is 2.65. The minimum atomic E-state index is 0. The number of alkyl halides is 1. The zero-order valence-electron chi connectivity index (χ0n) is 9.00. The van der Waals surface area contributed by atoms with Crippen LogP contribution in [-0.4, -0.2) is 30.1 Å². The van der Waals surface area contributed by atoms with Crippen LogP contribution in [0.4, 0.5) is 0 Å². The van der Waals surface area contributed by atoms with E-state index in [4.69, 9.17) is 11.6 Å². The quantitative estimate of drug-likeness (QED) is 0.433. The Morgan fingerprint density at radius 1 is 1.14 bits per heavy atom. The molecule has 0 amide bonds. The minimum Gasteiger partial charge on any atom is -0.870 e. The fourth-order valence-electron chi connectivity index (χ4n) is 1.23. The van der Waals surface area contributed by atoms with Gasteiger partial charge in [-0.15, -0.1) is 0 Å². The first-order valence-electron chi connectivity index (χ1n) is 4.47. The molecule has 0 unspecified atom stereocenters. The zero-order chi connectivity index (χ0) is 9.90. The number of hydrogen-bond acceptors (Lipinski definition) is 1. The number of rotatable bonds is 3. The topological polar surface area (TPSA) is 30.0 Å². The maximum atomic E-state index is 5.85. The van der Waals surface area contributed by atoms with E-state index >= 15 is 0 Å². The Morgan fingerprint density at radius 2 is 1.64 bits per heavy atom. The number of hydrogen-bond donors (Lipinski definition) is 0. The van der Waals surface area contributed by atoms with Crippen molar-refractivity contribution < 1.29 is 9.96 Å². The summed E-state index contributed by atoms with van der Waals surface area (Å²) in [6.45, 7) is 3.09. The van der Waals surface area contributed by atoms with Crippen molar-refractivity contribution in [1.29, 1.82) is 0 Å². The summed E-state index contributed by atoms with van der Waals surface area (Å²) in [5.74, 6) is 0. The van der Waals surface area contributed by atoms with Crippen LogP contribution < -0.4 is 0 Å². The van der Waals surface area contributed by atoms with Crippen LogP contribution in [-0.2, 0) is 6.54 Å². The molecule has 0 saturated carbocycles. The second kappa shape index (κ2) is 5.35. The van der Waals surface area contributed by atoms with Gasteiger partial charge in [-0.25, -0.2) is 0 Å². The van der Waals surface area contributed by atoms with Gasteiger partial charge in [0, 0.05) is 5.56 Å². The van der Waals surface area contributed by atoms with Crippen LogP contribution in [0.25, 0.3) is 0 Å². The number of benzene rings is 1. The van der Waals surface area contributed by atoms with Crippen molar-refractivity contribution in [3.05, 3.63) is 35.4 Å². The van der Waals surface area contributed by atoms with Gasteiger partial charge in [0.05, 0.1) is 14.1 Å². The van der Waals surface area contributed by atoms with Crippen molar-refractivity contribution in [2.75, 3.05) is 20.1 Å². The molecule has 0 aliphatic rings. The highest BCUT2D eigenvalue weighted by atomic mass is 35.5. The molecule has 0 atom stereocenters. The van der Waals surface area contributed by atoms with Gasteiger partial charge < -0.3 is 9.96 Å². The summed E-state index contributed by atoms with van der Waals surface area (Å²) in [6.07, 6.45) is 0. The zero-order valence-corrected chi connectivity index (χ0v) is 9.75. The Balaban J connectivity index is 0.00000169. The maximum absolute atomic E-state index is 5.85. The normalized spacial score (nSPS) is 10.9. The highest BCUT2D eigenvalue weighted by Gasteiger charge is 2.13. The second-order valence-corrected chi connectivity index (χ2v) is 4.44. The van der Waals surface area contributed by atoms with Crippen molar-refractivity contribution in [1.82, 2.24) is 0 Å². The summed E-state index contributed by atoms with van der Waals surface area (Å²) in [4.78, 5) is 0. The van der Waals surface area contributed by atoms with E-state index < -0.39 is 0 Å². The number of nitrogens with zero attached hydrogens (tertiary/aromatic N) is 1. The van der Waals surface area contributed by atoms with Crippen molar-refractivity contribution in [2.24, 2.45) is 0 Å². The molecule has 2 nitrogen and oxygen atoms in total. The van der Waals surface area contributed by atoms with E-state index in [-0.39, 0.29) is 5.48 Å². The number of halogens is 1. The SMILES string of the molecule is Cc1ccc(C[N+](C)(C)CCl)cc1.[OH-]. The van der Waals surface area contributed by atoms with Gasteiger partial charge in [-0.1, -0.05) is 41.4 Å². The summed E-state index contributed by atoms with van der Waals surface area (Å²) < 4.78 is 0.824. The molecular weight excluding hydrogens is 198 g/mol. The van der Waals surface area contributed by atoms with Gasteiger partial charge >= 0.3 is 0 Å². The van der Waals surface area contributed by atoms with Gasteiger partial charge in [0.25, 0.3) is 0 Å². The highest BCUT2D eigenvalue weighted by Crippen LogP contribution is 2.10. The first-order valence-corrected chi connectivity index (χ1v) is 5.00. The predicted octanol–water partition coefficient (Wildman–Crippen LogP) is 2.59. The van der Waals surface area contributed by atoms with Gasteiger partial charge in [0.15, 0.2) is 6.00 Å². The summed E-state index contributed by atoms with van der Waals surface area (Å²) >= 11 is 5.85. The predicted molar refractivity (Wildman–Crippen MR) is 59.6 cm³/mol. The van der Waals surface area contributed by atoms with E-state index in [1.54, 1.807) is 0 Å². The van der Waals surface area contributed by atoms with Crippen LogP contribution in [0.1, 0.15) is 11.1 Å². The molecule has 3 heteroatoms. The summed E-state index contributed by atoms with van der Waals surface area (Å²) in [7, 11) is 4.26. The van der Waals surface area contributed by atoms with Crippen molar-refractivity contribution in [2.45, 2.75) is 13.5 Å². The van der Waals surface area contributed by atoms with Crippen LogP contribution in [0.2, 0.25) is 0 Å². The average Bonchev–Trinajstić information content (AvgIpc) is 2.09. The molecule has 1 aromatic carbocycles. The molecule has 0 bridgehead atoms. The van der Waals surface area contributed by atoms with Crippen LogP contribution in [0.5, 0.6) is 0 Å². The van der Waals surface area contributed by atoms with Crippen LogP contribution in [0.3, 0.4) is 0 Å². The maximum Gasteiger partial charge on any atom is 0.154 e. The third-order valence-corrected chi connectivity index (χ3v) is 2.70. The standard InChI is InChI=1S/C11H17ClN.H2O/c1-10-4-6-11(7-5-10)8-13(2,3)9-12;/h4-7H,8-9H2,1-3H3;1H2/q+1;/p-1. The van der Waals surface area contributed by atoms with Gasteiger partial charge in [-0.3, -0.25) is 0 Å². The van der Waals surface area contributed by atoms with E-state index in [1.807, 2.05) is 0 Å². The summed E-state index contributed by atoms with van der Waals surface area (Å²) in [5, 5.41) is 0. The smallest absolute Gasteiger partial charge is 0.154 e. The van der Waals surface area contributed by atoms with Gasteiger partial charge in [-0.05, 0) is 6.92 Å². The fraction of sp³-hybridized carbons (Fsp3) is 0.455. The van der Waals surface area contributed by atoms with E-state index in [0.29, 0.717) is 6.00 Å². The van der Waals surface area contributed by atoms with Crippen molar-refractivity contribution in [3.8, 4) is 0 Å². The molecule has 1 N–H and O–H groups in total. The fourth-order valence-corrected chi connectivity index (χ4v) is 1.31. The van der Waals surface area contributed by atoms with Gasteiger partial charge in [0.2, 0.25) is 0 Å². The van der Waals surface area contributed by atoms with E-state index in [9.17, 15) is 0 Å². The molecule has 0 aliphatic carbocycles. The van der Waals surface area contributed by atoms with Crippen LogP contribution in [0.15, 0.2) is 24.3 Å². The summed E-state index contributed by atoms with van der Waals surface area (Å²) in [6, 6.07) is 9.27. The lowest BCUT2D eigenvalue weighted by atomic mass is 10.1. The van der Waals surface area contributed by atoms with Crippen LogP contribution in [0, 0.1) is 6.92 Å². The Morgan fingerprint density at radius 3 is 2.07 bits per heavy atom. The molecule has 80 valence electrons. The molecule has 1 aromatic rings. The van der Waals surface area contributed by atoms with Crippen molar-refractivity contribution >= 4 is 11.6 Å². The number of aryl methyl sites for hydroxylation is 1. The first-order chi connectivity index (χ1) is 6.03. The molecule has 0 radical (unpaired) electrons. The minimum absolute atomic E-state index is 0. The third-order valence-electron chi connectivity index (χ3n) is 2.05. The Bertz CT molecular complexity index is 269. The molecule has 0 fully saturated rings. The highest BCUT2D eigenvalue weighted by molar-refractivity contribution is 6.16. The Kier molecular flexibility index (Phi) is 5.13. The van der Waals surface area contributed by atoms with E-state index in [2.05, 4.69) is 45.3 Å². The first kappa shape index (κ1) is 13.4. The van der Waals surface area contributed by atoms with Gasteiger partial charge in [0.1, 0.15) is 6.54 Å². The molecule has 0 heterocycles. The third kappa shape index (κ3) is 4.09.